The van der Waals surface area contributed by atoms with Crippen LogP contribution in [0.4, 0.5) is 14.5 Å². The number of para-hydroxylation sites is 1. The summed E-state index contributed by atoms with van der Waals surface area (Å²) in [5.41, 5.74) is 6.05. The van der Waals surface area contributed by atoms with Crippen LogP contribution < -0.4 is 21.7 Å². The van der Waals surface area contributed by atoms with E-state index in [1.807, 2.05) is 0 Å². The quantitative estimate of drug-likeness (QED) is 0.168. The minimum absolute atomic E-state index is 0.0623. The summed E-state index contributed by atoms with van der Waals surface area (Å²) in [5, 5.41) is 17.2. The summed E-state index contributed by atoms with van der Waals surface area (Å²) in [6.45, 7) is 1.67. The number of hydrogen-bond acceptors (Lipinski definition) is 10. The van der Waals surface area contributed by atoms with Crippen molar-refractivity contribution < 1.29 is 42.2 Å². The Morgan fingerprint density at radius 3 is 2.40 bits per heavy atom. The van der Waals surface area contributed by atoms with Gasteiger partial charge in [0, 0.05) is 43.9 Å². The second-order valence-corrected chi connectivity index (χ2v) is 9.99. The number of nitrogens with two attached hydrogens (primary N) is 1. The first kappa shape index (κ1) is 35.2. The number of fused-ring (bicyclic) bond motifs is 1. The maximum atomic E-state index is 13.7. The fourth-order valence-corrected chi connectivity index (χ4v) is 4.44. The van der Waals surface area contributed by atoms with E-state index < -0.39 is 49.2 Å². The zero-order valence-corrected chi connectivity index (χ0v) is 24.7. The van der Waals surface area contributed by atoms with Gasteiger partial charge in [-0.2, -0.15) is 5.26 Å². The maximum Gasteiger partial charge on any atom is 0.268 e. The van der Waals surface area contributed by atoms with Gasteiger partial charge in [-0.25, -0.2) is 8.78 Å². The molecular weight excluding hydrogens is 596 g/mol. The lowest BCUT2D eigenvalue weighted by atomic mass is 10.1. The first-order valence-corrected chi connectivity index (χ1v) is 14.4. The zero-order chi connectivity index (χ0) is 32.7. The number of benzene rings is 1. The highest BCUT2D eigenvalue weighted by Crippen LogP contribution is 2.31. The Morgan fingerprint density at radius 1 is 1.00 bits per heavy atom. The topological polar surface area (TPSA) is 198 Å². The third kappa shape index (κ3) is 11.3. The molecule has 45 heavy (non-hydrogen) atoms. The van der Waals surface area contributed by atoms with Crippen molar-refractivity contribution in [3.63, 3.8) is 0 Å². The van der Waals surface area contributed by atoms with Crippen molar-refractivity contribution in [3.05, 3.63) is 36.0 Å². The maximum absolute atomic E-state index is 13.7. The van der Waals surface area contributed by atoms with E-state index >= 15 is 0 Å². The van der Waals surface area contributed by atoms with Gasteiger partial charge in [-0.3, -0.25) is 24.2 Å². The van der Waals surface area contributed by atoms with E-state index in [0.717, 1.165) is 4.90 Å². The Bertz CT molecular complexity index is 1370. The Balaban J connectivity index is 1.42. The molecule has 0 bridgehead atoms. The van der Waals surface area contributed by atoms with Crippen LogP contribution >= 0.6 is 0 Å². The van der Waals surface area contributed by atoms with Gasteiger partial charge >= 0.3 is 0 Å². The van der Waals surface area contributed by atoms with Crippen molar-refractivity contribution >= 4 is 40.2 Å². The van der Waals surface area contributed by atoms with E-state index in [9.17, 15) is 28.0 Å². The Morgan fingerprint density at radius 2 is 1.69 bits per heavy atom. The van der Waals surface area contributed by atoms with Gasteiger partial charge in [-0.15, -0.1) is 0 Å². The van der Waals surface area contributed by atoms with Crippen molar-refractivity contribution in [3.8, 4) is 6.07 Å². The summed E-state index contributed by atoms with van der Waals surface area (Å²) in [7, 11) is 0. The van der Waals surface area contributed by atoms with Gasteiger partial charge in [0.25, 0.3) is 11.8 Å². The average molecular weight is 634 g/mol. The molecule has 0 spiro atoms. The number of rotatable bonds is 18. The van der Waals surface area contributed by atoms with Crippen molar-refractivity contribution in [2.75, 3.05) is 71.1 Å². The Hall–Kier alpha value is -4.30. The molecule has 14 nitrogen and oxygen atoms in total. The number of anilines is 1. The fourth-order valence-electron chi connectivity index (χ4n) is 4.44. The number of hydrogen-bond donors (Lipinski definition) is 4. The Kier molecular flexibility index (Phi) is 14.0. The third-order valence-corrected chi connectivity index (χ3v) is 6.58. The molecule has 1 aliphatic heterocycles. The summed E-state index contributed by atoms with van der Waals surface area (Å²) >= 11 is 0. The fraction of sp³-hybridized carbons (Fsp3) is 0.517. The molecule has 0 aliphatic carbocycles. The first-order valence-electron chi connectivity index (χ1n) is 14.4. The molecule has 3 rings (SSSR count). The standard InChI is InChI=1S/C29H37F2N7O7/c30-29(31)16-20(17-33)38(19-29)26(41)18-36-28(42)22-6-8-35-27-21(22)2-1-3-23(27)37-25(40)5-4-24(39)34-9-11-44-13-15-45-14-12-43-10-7-32/h1-3,6,8,20H,4-5,7,9-16,18-19,32H2,(H,34,39)(H,36,42)(H,37,40)/t20-/m0/s1. The molecule has 1 fully saturated rings. The molecule has 1 aromatic carbocycles. The third-order valence-electron chi connectivity index (χ3n) is 6.58. The monoisotopic (exact) mass is 633 g/mol. The number of pyridine rings is 1. The average Bonchev–Trinajstić information content (AvgIpc) is 3.35. The largest absolute Gasteiger partial charge is 0.378 e. The van der Waals surface area contributed by atoms with Crippen LogP contribution in [-0.2, 0) is 28.6 Å². The highest BCUT2D eigenvalue weighted by atomic mass is 19.3. The molecule has 2 aromatic rings. The number of nitrogens with one attached hydrogen (secondary N) is 3. The summed E-state index contributed by atoms with van der Waals surface area (Å²) in [5.74, 6) is -5.41. The number of alkyl halides is 2. The van der Waals surface area contributed by atoms with Gasteiger partial charge in [0.15, 0.2) is 0 Å². The second-order valence-electron chi connectivity index (χ2n) is 9.99. The van der Waals surface area contributed by atoms with Crippen LogP contribution in [0.1, 0.15) is 29.6 Å². The number of halogens is 2. The van der Waals surface area contributed by atoms with E-state index in [-0.39, 0.29) is 37.5 Å². The van der Waals surface area contributed by atoms with Crippen LogP contribution in [0.2, 0.25) is 0 Å². The van der Waals surface area contributed by atoms with E-state index in [1.165, 1.54) is 12.3 Å². The molecule has 0 saturated carbocycles. The van der Waals surface area contributed by atoms with Crippen LogP contribution in [0.15, 0.2) is 30.5 Å². The molecule has 2 heterocycles. The minimum atomic E-state index is -3.17. The highest BCUT2D eigenvalue weighted by molar-refractivity contribution is 6.10. The van der Waals surface area contributed by atoms with Crippen molar-refractivity contribution in [1.82, 2.24) is 20.5 Å². The molecule has 1 atom stereocenters. The lowest BCUT2D eigenvalue weighted by Gasteiger charge is -2.19. The molecule has 5 N–H and O–H groups in total. The van der Waals surface area contributed by atoms with Crippen LogP contribution in [0.3, 0.4) is 0 Å². The lowest BCUT2D eigenvalue weighted by Crippen LogP contribution is -2.43. The summed E-state index contributed by atoms with van der Waals surface area (Å²) in [4.78, 5) is 55.1. The molecule has 4 amide bonds. The van der Waals surface area contributed by atoms with Crippen LogP contribution in [-0.4, -0.2) is 111 Å². The summed E-state index contributed by atoms with van der Waals surface area (Å²) < 4.78 is 43.2. The van der Waals surface area contributed by atoms with Crippen LogP contribution in [0, 0.1) is 11.3 Å². The number of aromatic nitrogens is 1. The van der Waals surface area contributed by atoms with E-state index in [0.29, 0.717) is 56.2 Å². The minimum Gasteiger partial charge on any atom is -0.378 e. The smallest absolute Gasteiger partial charge is 0.268 e. The van der Waals surface area contributed by atoms with Crippen molar-refractivity contribution in [2.45, 2.75) is 31.2 Å². The molecule has 1 saturated heterocycles. The number of nitrogens with zero attached hydrogens (tertiary/aromatic N) is 3. The molecule has 1 aromatic heterocycles. The number of nitriles is 1. The van der Waals surface area contributed by atoms with Gasteiger partial charge < -0.3 is 40.8 Å². The van der Waals surface area contributed by atoms with Gasteiger partial charge in [0.1, 0.15) is 6.04 Å². The normalized spacial score (nSPS) is 15.4. The van der Waals surface area contributed by atoms with E-state index in [1.54, 1.807) is 24.3 Å². The molecule has 1 aliphatic rings. The predicted octanol–water partition coefficient (Wildman–Crippen LogP) is 0.568. The van der Waals surface area contributed by atoms with Crippen molar-refractivity contribution in [2.24, 2.45) is 5.73 Å². The molecular formula is C29H37F2N7O7. The number of likely N-dealkylation sites (tertiary alicyclic amines) is 1. The summed E-state index contributed by atoms with van der Waals surface area (Å²) in [6.07, 6.45) is 0.426. The molecule has 0 unspecified atom stereocenters. The molecule has 244 valence electrons. The molecule has 16 heteroatoms. The van der Waals surface area contributed by atoms with Crippen LogP contribution in [0.25, 0.3) is 10.9 Å². The molecule has 0 radical (unpaired) electrons. The van der Waals surface area contributed by atoms with E-state index in [4.69, 9.17) is 25.2 Å². The van der Waals surface area contributed by atoms with Gasteiger partial charge in [-0.1, -0.05) is 12.1 Å². The second kappa shape index (κ2) is 17.9. The zero-order valence-electron chi connectivity index (χ0n) is 24.7. The van der Waals surface area contributed by atoms with Gasteiger partial charge in [-0.05, 0) is 12.1 Å². The predicted molar refractivity (Wildman–Crippen MR) is 157 cm³/mol. The Labute approximate surface area is 258 Å². The van der Waals surface area contributed by atoms with Gasteiger partial charge in [0.2, 0.25) is 17.7 Å². The SMILES string of the molecule is N#C[C@@H]1CC(F)(F)CN1C(=O)CNC(=O)c1ccnc2c(NC(=O)CCC(=O)NCCOCCOCCOCCN)cccc12. The van der Waals surface area contributed by atoms with Gasteiger partial charge in [0.05, 0.1) is 75.6 Å². The number of carbonyl (C=O) groups excluding carboxylic acids is 4. The number of amides is 4. The number of ether oxygens (including phenoxy) is 3. The number of carbonyl (C=O) groups is 4. The summed E-state index contributed by atoms with van der Waals surface area (Å²) in [6, 6.07) is 6.61. The van der Waals surface area contributed by atoms with Crippen LogP contribution in [0.5, 0.6) is 0 Å². The van der Waals surface area contributed by atoms with E-state index in [2.05, 4.69) is 20.9 Å². The highest BCUT2D eigenvalue weighted by Gasteiger charge is 2.47. The lowest BCUT2D eigenvalue weighted by molar-refractivity contribution is -0.131. The van der Waals surface area contributed by atoms with Crippen molar-refractivity contribution in [1.29, 1.82) is 5.26 Å². The first-order chi connectivity index (χ1) is 21.6.